The molecule has 0 aliphatic carbocycles. The van der Waals surface area contributed by atoms with Crippen LogP contribution in [-0.2, 0) is 9.09 Å². The van der Waals surface area contributed by atoms with E-state index in [9.17, 15) is 9.46 Å². The molecule has 0 saturated carbocycles. The summed E-state index contributed by atoms with van der Waals surface area (Å²) in [6.07, 6.45) is 0. The van der Waals surface area contributed by atoms with Gasteiger partial charge in [-0.3, -0.25) is 0 Å². The van der Waals surface area contributed by atoms with E-state index in [2.05, 4.69) is 4.52 Å². The third-order valence-electron chi connectivity index (χ3n) is 0.235. The molecule has 1 atom stereocenters. The molecule has 0 heterocycles. The van der Waals surface area contributed by atoms with Gasteiger partial charge in [-0.25, -0.2) is 0 Å². The fourth-order valence-electron chi connectivity index (χ4n) is 0.105. The van der Waals surface area contributed by atoms with Crippen LogP contribution in [0.4, 0.5) is 0 Å². The van der Waals surface area contributed by atoms with Gasteiger partial charge in [-0.05, 0) is 11.5 Å². The number of rotatable bonds is 2. The molecule has 0 fully saturated rings. The summed E-state index contributed by atoms with van der Waals surface area (Å²) >= 11 is 0. The van der Waals surface area contributed by atoms with Crippen LogP contribution in [0, 0.1) is 0 Å². The predicted molar refractivity (Wildman–Crippen MR) is 19.2 cm³/mol. The van der Waals surface area contributed by atoms with Crippen molar-refractivity contribution in [3.8, 4) is 0 Å². The van der Waals surface area contributed by atoms with Crippen molar-refractivity contribution in [1.82, 2.24) is 0 Å². The average molecular weight is 131 g/mol. The Labute approximate surface area is 65.3 Å². The SMILES string of the molecule is CCO[P+](=O)[O-].[Na+]. The average Bonchev–Trinajstić information content (AvgIpc) is 1.35. The summed E-state index contributed by atoms with van der Waals surface area (Å²) in [5.41, 5.74) is 0. The first-order chi connectivity index (χ1) is 2.77. The Hall–Kier alpha value is 1.02. The molecule has 0 rings (SSSR count). The molecule has 0 aliphatic rings. The molecule has 0 aromatic heterocycles. The van der Waals surface area contributed by atoms with Crippen LogP contribution in [0.3, 0.4) is 0 Å². The Kier molecular flexibility index (Phi) is 10.9. The van der Waals surface area contributed by atoms with E-state index < -0.39 is 8.25 Å². The predicted octanol–water partition coefficient (Wildman–Crippen LogP) is -2.96. The third-order valence-corrected chi connectivity index (χ3v) is 0.704. The van der Waals surface area contributed by atoms with Crippen molar-refractivity contribution in [3.05, 3.63) is 0 Å². The summed E-state index contributed by atoms with van der Waals surface area (Å²) in [5, 5.41) is 0. The van der Waals surface area contributed by atoms with Gasteiger partial charge in [0.25, 0.3) is 0 Å². The van der Waals surface area contributed by atoms with E-state index in [1.165, 1.54) is 0 Å². The fourth-order valence-corrected chi connectivity index (χ4v) is 0.316. The minimum absolute atomic E-state index is 0. The number of hydrogen-bond donors (Lipinski definition) is 0. The van der Waals surface area contributed by atoms with Crippen LogP contribution in [0.25, 0.3) is 0 Å². The smallest absolute Gasteiger partial charge is 0.566 e. The first kappa shape index (κ1) is 10.9. The molecule has 0 bridgehead atoms. The molecule has 0 aromatic carbocycles. The molecular formula is C2H5NaO3P+. The Morgan fingerprint density at radius 1 is 1.86 bits per heavy atom. The van der Waals surface area contributed by atoms with Crippen molar-refractivity contribution in [3.63, 3.8) is 0 Å². The zero-order valence-electron chi connectivity index (χ0n) is 4.38. The monoisotopic (exact) mass is 131 g/mol. The van der Waals surface area contributed by atoms with Crippen molar-refractivity contribution in [2.24, 2.45) is 0 Å². The maximum atomic E-state index is 9.41. The zero-order chi connectivity index (χ0) is 4.99. The van der Waals surface area contributed by atoms with Crippen molar-refractivity contribution in [2.75, 3.05) is 6.61 Å². The Morgan fingerprint density at radius 2 is 2.29 bits per heavy atom. The summed E-state index contributed by atoms with van der Waals surface area (Å²) in [7, 11) is -2.60. The van der Waals surface area contributed by atoms with Gasteiger partial charge in [0.05, 0.1) is 6.61 Å². The van der Waals surface area contributed by atoms with Crippen LogP contribution < -0.4 is 34.5 Å². The van der Waals surface area contributed by atoms with E-state index in [4.69, 9.17) is 0 Å². The van der Waals surface area contributed by atoms with E-state index >= 15 is 0 Å². The van der Waals surface area contributed by atoms with Gasteiger partial charge in [-0.1, -0.05) is 0 Å². The molecule has 36 valence electrons. The third kappa shape index (κ3) is 10.9. The molecule has 0 aliphatic heterocycles. The van der Waals surface area contributed by atoms with Crippen molar-refractivity contribution in [1.29, 1.82) is 0 Å². The maximum Gasteiger partial charge on any atom is 1.00 e. The van der Waals surface area contributed by atoms with E-state index in [1.54, 1.807) is 6.92 Å². The first-order valence-electron chi connectivity index (χ1n) is 1.54. The molecule has 0 N–H and O–H groups in total. The normalized spacial score (nSPS) is 9.71. The molecule has 0 amide bonds. The van der Waals surface area contributed by atoms with Gasteiger partial charge in [-0.2, -0.15) is 0 Å². The second kappa shape index (κ2) is 7.02. The zero-order valence-corrected chi connectivity index (χ0v) is 7.27. The van der Waals surface area contributed by atoms with Crippen LogP contribution >= 0.6 is 8.25 Å². The molecule has 3 nitrogen and oxygen atoms in total. The molecular weight excluding hydrogens is 126 g/mol. The first-order valence-corrected chi connectivity index (χ1v) is 2.64. The second-order valence-electron chi connectivity index (χ2n) is 0.641. The standard InChI is InChI=1S/C2H5O3P.Na/c1-2-5-6(3)4;/h2H2,1H3;/q;+1. The molecule has 0 radical (unpaired) electrons. The quantitative estimate of drug-likeness (QED) is 0.297. The van der Waals surface area contributed by atoms with E-state index in [1.807, 2.05) is 0 Å². The minimum Gasteiger partial charge on any atom is -0.566 e. The van der Waals surface area contributed by atoms with Gasteiger partial charge in [-0.15, -0.1) is 4.52 Å². The number of hydrogen-bond acceptors (Lipinski definition) is 3. The van der Waals surface area contributed by atoms with Crippen LogP contribution in [0.1, 0.15) is 6.92 Å². The summed E-state index contributed by atoms with van der Waals surface area (Å²) in [5.74, 6) is 0. The van der Waals surface area contributed by atoms with Crippen LogP contribution in [-0.4, -0.2) is 6.61 Å². The summed E-state index contributed by atoms with van der Waals surface area (Å²) in [6, 6.07) is 0. The largest absolute Gasteiger partial charge is 1.00 e. The van der Waals surface area contributed by atoms with Crippen molar-refractivity contribution in [2.45, 2.75) is 6.92 Å². The Morgan fingerprint density at radius 3 is 2.29 bits per heavy atom. The molecule has 1 unspecified atom stereocenters. The summed E-state index contributed by atoms with van der Waals surface area (Å²) in [6.45, 7) is 1.85. The van der Waals surface area contributed by atoms with Crippen molar-refractivity contribution >= 4 is 8.25 Å². The van der Waals surface area contributed by atoms with E-state index in [0.717, 1.165) is 0 Å². The topological polar surface area (TPSA) is 49.4 Å². The van der Waals surface area contributed by atoms with Gasteiger partial charge in [0.1, 0.15) is 0 Å². The van der Waals surface area contributed by atoms with Crippen LogP contribution in [0.2, 0.25) is 0 Å². The molecule has 0 aromatic rings. The molecule has 7 heavy (non-hydrogen) atoms. The fraction of sp³-hybridized carbons (Fsp3) is 1.00. The second-order valence-corrected chi connectivity index (χ2v) is 1.35. The minimum atomic E-state index is -2.60. The molecule has 0 saturated heterocycles. The Bertz CT molecular complexity index is 56.9. The van der Waals surface area contributed by atoms with E-state index in [0.29, 0.717) is 0 Å². The molecule has 5 heteroatoms. The van der Waals surface area contributed by atoms with Crippen LogP contribution in [0.15, 0.2) is 0 Å². The summed E-state index contributed by atoms with van der Waals surface area (Å²) in [4.78, 5) is 9.41. The van der Waals surface area contributed by atoms with Gasteiger partial charge in [0.2, 0.25) is 0 Å². The Balaban J connectivity index is 0. The van der Waals surface area contributed by atoms with Gasteiger partial charge in [0, 0.05) is 0 Å². The maximum absolute atomic E-state index is 9.41. The van der Waals surface area contributed by atoms with Gasteiger partial charge >= 0.3 is 37.8 Å². The van der Waals surface area contributed by atoms with Crippen LogP contribution in [0.5, 0.6) is 0 Å². The van der Waals surface area contributed by atoms with Crippen molar-refractivity contribution < 1.29 is 43.5 Å². The summed E-state index contributed by atoms with van der Waals surface area (Å²) < 4.78 is 13.4. The van der Waals surface area contributed by atoms with Gasteiger partial charge < -0.3 is 4.89 Å². The van der Waals surface area contributed by atoms with Gasteiger partial charge in [0.15, 0.2) is 0 Å². The molecule has 0 spiro atoms. The van der Waals surface area contributed by atoms with E-state index in [-0.39, 0.29) is 36.2 Å².